The average molecular weight is 491 g/mol. The molecule has 7 nitrogen and oxygen atoms in total. The Labute approximate surface area is 205 Å². The Morgan fingerprint density at radius 2 is 1.86 bits per heavy atom. The van der Waals surface area contributed by atoms with E-state index in [1.807, 2.05) is 0 Å². The number of aryl methyl sites for hydroxylation is 1. The number of carbonyl (C=O) groups is 1. The number of nitrogens with zero attached hydrogens (tertiary/aromatic N) is 4. The van der Waals surface area contributed by atoms with Crippen LogP contribution in [0.4, 0.5) is 8.78 Å². The molecule has 9 heteroatoms. The van der Waals surface area contributed by atoms with E-state index in [-0.39, 0.29) is 24.6 Å². The van der Waals surface area contributed by atoms with Gasteiger partial charge in [0, 0.05) is 62.0 Å². The SMILES string of the molecule is Cn1cc2c(-c3cc(F)c(CN4Cc5ncccc5C4=O)c(F)c3)ccc(C3(O)CCOCC3)c2n1. The van der Waals surface area contributed by atoms with Crippen molar-refractivity contribution in [3.05, 3.63) is 82.8 Å². The minimum atomic E-state index is -1.07. The molecule has 2 aliphatic rings. The van der Waals surface area contributed by atoms with Gasteiger partial charge in [0.15, 0.2) is 0 Å². The van der Waals surface area contributed by atoms with Crippen LogP contribution in [0.25, 0.3) is 22.0 Å². The van der Waals surface area contributed by atoms with Gasteiger partial charge in [-0.15, -0.1) is 0 Å². The number of hydrogen-bond donors (Lipinski definition) is 1. The van der Waals surface area contributed by atoms with Crippen molar-refractivity contribution < 1.29 is 23.4 Å². The van der Waals surface area contributed by atoms with Gasteiger partial charge in [-0.1, -0.05) is 12.1 Å². The number of fused-ring (bicyclic) bond motifs is 2. The van der Waals surface area contributed by atoms with Crippen molar-refractivity contribution in [3.8, 4) is 11.1 Å². The molecule has 1 amide bonds. The Balaban J connectivity index is 1.36. The maximum atomic E-state index is 15.3. The molecule has 0 saturated carbocycles. The number of amides is 1. The van der Waals surface area contributed by atoms with E-state index in [1.165, 1.54) is 17.0 Å². The molecule has 0 unspecified atom stereocenters. The molecule has 0 aliphatic carbocycles. The summed E-state index contributed by atoms with van der Waals surface area (Å²) in [4.78, 5) is 18.2. The molecule has 4 aromatic rings. The number of hydrogen-bond acceptors (Lipinski definition) is 5. The lowest BCUT2D eigenvalue weighted by atomic mass is 9.84. The lowest BCUT2D eigenvalue weighted by Crippen LogP contribution is -2.33. The van der Waals surface area contributed by atoms with Crippen LogP contribution in [0.3, 0.4) is 0 Å². The fourth-order valence-corrected chi connectivity index (χ4v) is 5.24. The Bertz CT molecular complexity index is 1490. The number of aliphatic hydroxyl groups is 1. The Morgan fingerprint density at radius 3 is 2.58 bits per heavy atom. The molecular weight excluding hydrogens is 466 g/mol. The van der Waals surface area contributed by atoms with Crippen molar-refractivity contribution in [2.45, 2.75) is 31.5 Å². The van der Waals surface area contributed by atoms with Crippen LogP contribution in [-0.2, 0) is 30.5 Å². The molecule has 2 aromatic heterocycles. The third kappa shape index (κ3) is 3.66. The zero-order valence-electron chi connectivity index (χ0n) is 19.7. The summed E-state index contributed by atoms with van der Waals surface area (Å²) in [5.74, 6) is -1.75. The van der Waals surface area contributed by atoms with Gasteiger partial charge in [0.05, 0.1) is 35.5 Å². The highest BCUT2D eigenvalue weighted by molar-refractivity contribution is 5.98. The molecule has 184 valence electrons. The molecule has 0 atom stereocenters. The molecular formula is C27H24F2N4O3. The minimum absolute atomic E-state index is 0.171. The molecule has 6 rings (SSSR count). The average Bonchev–Trinajstić information content (AvgIpc) is 3.40. The number of pyridine rings is 1. The second-order valence-corrected chi connectivity index (χ2v) is 9.45. The summed E-state index contributed by atoms with van der Waals surface area (Å²) >= 11 is 0. The van der Waals surface area contributed by atoms with E-state index in [4.69, 9.17) is 4.74 Å². The predicted octanol–water partition coefficient (Wildman–Crippen LogP) is 4.07. The first-order chi connectivity index (χ1) is 17.3. The molecule has 0 radical (unpaired) electrons. The molecule has 2 aliphatic heterocycles. The van der Waals surface area contributed by atoms with Crippen molar-refractivity contribution >= 4 is 16.8 Å². The van der Waals surface area contributed by atoms with Crippen LogP contribution in [0, 0.1) is 11.6 Å². The number of rotatable bonds is 4. The molecule has 1 fully saturated rings. The van der Waals surface area contributed by atoms with Gasteiger partial charge in [0.25, 0.3) is 5.91 Å². The Kier molecular flexibility index (Phi) is 5.35. The smallest absolute Gasteiger partial charge is 0.256 e. The van der Waals surface area contributed by atoms with Crippen molar-refractivity contribution in [3.63, 3.8) is 0 Å². The third-order valence-electron chi connectivity index (χ3n) is 7.16. The lowest BCUT2D eigenvalue weighted by Gasteiger charge is -2.32. The van der Waals surface area contributed by atoms with E-state index in [0.29, 0.717) is 64.9 Å². The minimum Gasteiger partial charge on any atom is -0.385 e. The molecule has 36 heavy (non-hydrogen) atoms. The maximum Gasteiger partial charge on any atom is 0.256 e. The van der Waals surface area contributed by atoms with E-state index in [2.05, 4.69) is 10.1 Å². The second kappa shape index (κ2) is 8.46. The Hall–Kier alpha value is -3.69. The zero-order valence-corrected chi connectivity index (χ0v) is 19.7. The van der Waals surface area contributed by atoms with E-state index in [1.54, 1.807) is 48.4 Å². The fraction of sp³-hybridized carbons (Fsp3) is 0.296. The van der Waals surface area contributed by atoms with Gasteiger partial charge in [-0.3, -0.25) is 14.5 Å². The monoisotopic (exact) mass is 490 g/mol. The van der Waals surface area contributed by atoms with Crippen LogP contribution >= 0.6 is 0 Å². The molecule has 4 heterocycles. The molecule has 1 saturated heterocycles. The Morgan fingerprint density at radius 1 is 1.11 bits per heavy atom. The quantitative estimate of drug-likeness (QED) is 0.467. The number of aromatic nitrogens is 3. The third-order valence-corrected chi connectivity index (χ3v) is 7.16. The van der Waals surface area contributed by atoms with Gasteiger partial charge in [-0.25, -0.2) is 8.78 Å². The number of ether oxygens (including phenoxy) is 1. The van der Waals surface area contributed by atoms with Gasteiger partial charge in [-0.2, -0.15) is 5.10 Å². The summed E-state index contributed by atoms with van der Waals surface area (Å²) in [6, 6.07) is 9.46. The molecule has 1 N–H and O–H groups in total. The van der Waals surface area contributed by atoms with Crippen molar-refractivity contribution in [2.75, 3.05) is 13.2 Å². The maximum absolute atomic E-state index is 15.3. The van der Waals surface area contributed by atoms with Crippen LogP contribution in [0.1, 0.15) is 40.0 Å². The molecule has 2 aromatic carbocycles. The highest BCUT2D eigenvalue weighted by atomic mass is 19.1. The molecule has 0 bridgehead atoms. The van der Waals surface area contributed by atoms with Crippen LogP contribution in [-0.4, -0.2) is 43.9 Å². The second-order valence-electron chi connectivity index (χ2n) is 9.45. The summed E-state index contributed by atoms with van der Waals surface area (Å²) in [5, 5.41) is 16.5. The first-order valence-electron chi connectivity index (χ1n) is 11.8. The first-order valence-corrected chi connectivity index (χ1v) is 11.8. The van der Waals surface area contributed by atoms with Gasteiger partial charge in [0.1, 0.15) is 11.6 Å². The van der Waals surface area contributed by atoms with Gasteiger partial charge in [0.2, 0.25) is 0 Å². The zero-order chi connectivity index (χ0) is 25.0. The van der Waals surface area contributed by atoms with Crippen molar-refractivity contribution in [1.82, 2.24) is 19.7 Å². The highest BCUT2D eigenvalue weighted by Crippen LogP contribution is 2.40. The highest BCUT2D eigenvalue weighted by Gasteiger charge is 2.35. The van der Waals surface area contributed by atoms with Gasteiger partial charge >= 0.3 is 0 Å². The molecule has 0 spiro atoms. The topological polar surface area (TPSA) is 80.5 Å². The predicted molar refractivity (Wildman–Crippen MR) is 128 cm³/mol. The van der Waals surface area contributed by atoms with Crippen molar-refractivity contribution in [1.29, 1.82) is 0 Å². The standard InChI is InChI=1S/C27H24F2N4O3/c1-32-13-19-17(4-5-21(25(19)31-32)27(35)6-9-36-10-7-27)16-11-22(28)20(23(29)12-16)14-33-15-24-18(26(33)34)3-2-8-30-24/h2-5,8,11-13,35H,6-7,9-10,14-15H2,1H3. The first kappa shape index (κ1) is 22.8. The number of carbonyl (C=O) groups excluding carboxylic acids is 1. The van der Waals surface area contributed by atoms with Crippen LogP contribution in [0.2, 0.25) is 0 Å². The largest absolute Gasteiger partial charge is 0.385 e. The lowest BCUT2D eigenvalue weighted by molar-refractivity contribution is -0.0671. The van der Waals surface area contributed by atoms with E-state index in [9.17, 15) is 9.90 Å². The van der Waals surface area contributed by atoms with E-state index >= 15 is 8.78 Å². The van der Waals surface area contributed by atoms with E-state index < -0.39 is 17.2 Å². The summed E-state index contributed by atoms with van der Waals surface area (Å²) in [5.41, 5.74) is 2.06. The van der Waals surface area contributed by atoms with Crippen LogP contribution in [0.15, 0.2) is 48.8 Å². The van der Waals surface area contributed by atoms with Crippen LogP contribution < -0.4 is 0 Å². The summed E-state index contributed by atoms with van der Waals surface area (Å²) in [6.07, 6.45) is 4.28. The van der Waals surface area contributed by atoms with E-state index in [0.717, 1.165) is 0 Å². The summed E-state index contributed by atoms with van der Waals surface area (Å²) in [6.45, 7) is 0.918. The van der Waals surface area contributed by atoms with Gasteiger partial charge in [-0.05, 0) is 35.4 Å². The number of benzene rings is 2. The normalized spacial score (nSPS) is 17.1. The van der Waals surface area contributed by atoms with Crippen LogP contribution in [0.5, 0.6) is 0 Å². The summed E-state index contributed by atoms with van der Waals surface area (Å²) in [7, 11) is 1.77. The number of halogens is 2. The fourth-order valence-electron chi connectivity index (χ4n) is 5.24. The van der Waals surface area contributed by atoms with Crippen molar-refractivity contribution in [2.24, 2.45) is 7.05 Å². The summed E-state index contributed by atoms with van der Waals surface area (Å²) < 4.78 is 37.6. The van der Waals surface area contributed by atoms with Gasteiger partial charge < -0.3 is 14.7 Å².